The van der Waals surface area contributed by atoms with E-state index in [4.69, 9.17) is 0 Å². The molecule has 1 aliphatic carbocycles. The molecule has 2 rings (SSSR count). The Labute approximate surface area is 103 Å². The maximum Gasteiger partial charge on any atom is 0.245 e. The summed E-state index contributed by atoms with van der Waals surface area (Å²) in [6, 6.07) is -0.292. The van der Waals surface area contributed by atoms with Crippen LogP contribution in [0.15, 0.2) is 0 Å². The van der Waals surface area contributed by atoms with Gasteiger partial charge in [-0.25, -0.2) is 0 Å². The van der Waals surface area contributed by atoms with Crippen LogP contribution in [0.3, 0.4) is 0 Å². The van der Waals surface area contributed by atoms with Gasteiger partial charge in [0.05, 0.1) is 6.54 Å². The third kappa shape index (κ3) is 2.99. The first-order valence-corrected chi connectivity index (χ1v) is 6.79. The first-order valence-electron chi connectivity index (χ1n) is 6.79. The van der Waals surface area contributed by atoms with Crippen LogP contribution in [0.2, 0.25) is 0 Å². The van der Waals surface area contributed by atoms with Crippen molar-refractivity contribution >= 4 is 11.8 Å². The maximum absolute atomic E-state index is 12.0. The molecule has 4 nitrogen and oxygen atoms in total. The highest BCUT2D eigenvalue weighted by molar-refractivity contribution is 5.94. The predicted molar refractivity (Wildman–Crippen MR) is 65.4 cm³/mol. The van der Waals surface area contributed by atoms with E-state index in [0.29, 0.717) is 6.42 Å². The highest BCUT2D eigenvalue weighted by Crippen LogP contribution is 2.27. The van der Waals surface area contributed by atoms with Crippen LogP contribution < -0.4 is 5.32 Å². The molecule has 1 N–H and O–H groups in total. The lowest BCUT2D eigenvalue weighted by Gasteiger charge is -2.32. The predicted octanol–water partition coefficient (Wildman–Crippen LogP) is 1.30. The fourth-order valence-corrected chi connectivity index (χ4v) is 2.88. The topological polar surface area (TPSA) is 49.4 Å². The molecule has 1 heterocycles. The zero-order valence-electron chi connectivity index (χ0n) is 10.6. The third-order valence-electron chi connectivity index (χ3n) is 3.97. The second-order valence-corrected chi connectivity index (χ2v) is 5.23. The van der Waals surface area contributed by atoms with Crippen molar-refractivity contribution in [2.24, 2.45) is 5.92 Å². The second kappa shape index (κ2) is 5.52. The molecular weight excluding hydrogens is 216 g/mol. The number of rotatable bonds is 4. The van der Waals surface area contributed by atoms with Gasteiger partial charge in [0.1, 0.15) is 6.04 Å². The van der Waals surface area contributed by atoms with E-state index in [1.165, 1.54) is 25.7 Å². The Morgan fingerprint density at radius 2 is 2.00 bits per heavy atom. The summed E-state index contributed by atoms with van der Waals surface area (Å²) in [5.74, 6) is 0.862. The molecule has 2 aliphatic rings. The molecule has 1 aliphatic heterocycles. The van der Waals surface area contributed by atoms with Gasteiger partial charge in [0, 0.05) is 6.54 Å². The number of hydrogen-bond donors (Lipinski definition) is 1. The van der Waals surface area contributed by atoms with Crippen molar-refractivity contribution in [3.8, 4) is 0 Å². The summed E-state index contributed by atoms with van der Waals surface area (Å²) in [4.78, 5) is 25.2. The van der Waals surface area contributed by atoms with Gasteiger partial charge in [-0.1, -0.05) is 32.6 Å². The number of nitrogens with zero attached hydrogens (tertiary/aromatic N) is 1. The largest absolute Gasteiger partial charge is 0.343 e. The van der Waals surface area contributed by atoms with Gasteiger partial charge in [-0.05, 0) is 18.8 Å². The minimum absolute atomic E-state index is 0.0112. The molecule has 17 heavy (non-hydrogen) atoms. The zero-order chi connectivity index (χ0) is 12.3. The van der Waals surface area contributed by atoms with Crippen molar-refractivity contribution in [3.05, 3.63) is 0 Å². The summed E-state index contributed by atoms with van der Waals surface area (Å²) in [6.45, 7) is 2.94. The number of carbonyl (C=O) groups excluding carboxylic acids is 2. The maximum atomic E-state index is 12.0. The molecule has 2 amide bonds. The van der Waals surface area contributed by atoms with Gasteiger partial charge in [-0.2, -0.15) is 0 Å². The molecule has 0 aromatic heterocycles. The minimum Gasteiger partial charge on any atom is -0.343 e. The van der Waals surface area contributed by atoms with Gasteiger partial charge in [0.15, 0.2) is 0 Å². The Morgan fingerprint density at radius 1 is 1.29 bits per heavy atom. The lowest BCUT2D eigenvalue weighted by molar-refractivity contribution is -0.144. The lowest BCUT2D eigenvalue weighted by Crippen LogP contribution is -2.57. The van der Waals surface area contributed by atoms with E-state index in [-0.39, 0.29) is 24.4 Å². The molecule has 0 aromatic carbocycles. The highest BCUT2D eigenvalue weighted by Gasteiger charge is 2.31. The molecule has 1 unspecified atom stereocenters. The lowest BCUT2D eigenvalue weighted by atomic mass is 10.0. The Morgan fingerprint density at radius 3 is 2.65 bits per heavy atom. The Hall–Kier alpha value is -1.06. The molecule has 0 spiro atoms. The normalized spacial score (nSPS) is 26.4. The fourth-order valence-electron chi connectivity index (χ4n) is 2.88. The first-order chi connectivity index (χ1) is 8.20. The van der Waals surface area contributed by atoms with Crippen LogP contribution >= 0.6 is 0 Å². The van der Waals surface area contributed by atoms with E-state index in [9.17, 15) is 9.59 Å². The number of nitrogens with one attached hydrogen (secondary N) is 1. The van der Waals surface area contributed by atoms with E-state index in [2.05, 4.69) is 5.32 Å². The molecule has 0 radical (unpaired) electrons. The average molecular weight is 238 g/mol. The van der Waals surface area contributed by atoms with Crippen LogP contribution in [0, 0.1) is 5.92 Å². The highest BCUT2D eigenvalue weighted by atomic mass is 16.2. The van der Waals surface area contributed by atoms with Crippen LogP contribution in [0.4, 0.5) is 0 Å². The Bertz CT molecular complexity index is 298. The third-order valence-corrected chi connectivity index (χ3v) is 3.97. The molecule has 1 saturated carbocycles. The summed E-state index contributed by atoms with van der Waals surface area (Å²) in [6.07, 6.45) is 7.00. The van der Waals surface area contributed by atoms with Crippen LogP contribution in [0.25, 0.3) is 0 Å². The first kappa shape index (κ1) is 12.4. The van der Waals surface area contributed by atoms with Gasteiger partial charge < -0.3 is 10.2 Å². The molecular formula is C13H22N2O2. The average Bonchev–Trinajstić information content (AvgIpc) is 2.82. The van der Waals surface area contributed by atoms with Crippen molar-refractivity contribution in [3.63, 3.8) is 0 Å². The molecule has 96 valence electrons. The van der Waals surface area contributed by atoms with E-state index >= 15 is 0 Å². The summed E-state index contributed by atoms with van der Waals surface area (Å²) < 4.78 is 0. The molecule has 0 bridgehead atoms. The van der Waals surface area contributed by atoms with Crippen molar-refractivity contribution in [1.29, 1.82) is 0 Å². The van der Waals surface area contributed by atoms with Crippen LogP contribution in [0.5, 0.6) is 0 Å². The Balaban J connectivity index is 1.85. The quantitative estimate of drug-likeness (QED) is 0.802. The van der Waals surface area contributed by atoms with Gasteiger partial charge >= 0.3 is 0 Å². The smallest absolute Gasteiger partial charge is 0.245 e. The van der Waals surface area contributed by atoms with Crippen LogP contribution in [-0.4, -0.2) is 35.8 Å². The monoisotopic (exact) mass is 238 g/mol. The second-order valence-electron chi connectivity index (χ2n) is 5.23. The van der Waals surface area contributed by atoms with Crippen molar-refractivity contribution in [2.45, 2.75) is 51.5 Å². The van der Waals surface area contributed by atoms with E-state index in [0.717, 1.165) is 18.9 Å². The van der Waals surface area contributed by atoms with Gasteiger partial charge in [0.25, 0.3) is 0 Å². The molecule has 0 aromatic rings. The van der Waals surface area contributed by atoms with E-state index in [1.54, 1.807) is 4.90 Å². The van der Waals surface area contributed by atoms with Crippen molar-refractivity contribution in [1.82, 2.24) is 10.2 Å². The number of carbonyl (C=O) groups is 2. The van der Waals surface area contributed by atoms with Crippen LogP contribution in [0.1, 0.15) is 45.4 Å². The van der Waals surface area contributed by atoms with Gasteiger partial charge in [0.2, 0.25) is 11.8 Å². The number of amides is 2. The summed E-state index contributed by atoms with van der Waals surface area (Å²) >= 11 is 0. The zero-order valence-corrected chi connectivity index (χ0v) is 10.6. The van der Waals surface area contributed by atoms with E-state index < -0.39 is 0 Å². The molecule has 1 atom stereocenters. The molecule has 4 heteroatoms. The number of hydrogen-bond acceptors (Lipinski definition) is 2. The van der Waals surface area contributed by atoms with Gasteiger partial charge in [-0.3, -0.25) is 9.59 Å². The Kier molecular flexibility index (Phi) is 4.02. The molecule has 2 fully saturated rings. The summed E-state index contributed by atoms with van der Waals surface area (Å²) in [5.41, 5.74) is 0. The summed E-state index contributed by atoms with van der Waals surface area (Å²) in [7, 11) is 0. The number of piperazine rings is 1. The minimum atomic E-state index is -0.292. The molecule has 1 saturated heterocycles. The van der Waals surface area contributed by atoms with Crippen LogP contribution in [-0.2, 0) is 9.59 Å². The van der Waals surface area contributed by atoms with Crippen molar-refractivity contribution in [2.75, 3.05) is 13.1 Å². The SMILES string of the molecule is CCC1NC(=O)CN(CCC2CCCC2)C1=O. The fraction of sp³-hybridized carbons (Fsp3) is 0.846. The van der Waals surface area contributed by atoms with Gasteiger partial charge in [-0.15, -0.1) is 0 Å². The standard InChI is InChI=1S/C13H22N2O2/c1-2-11-13(17)15(9-12(16)14-11)8-7-10-5-3-4-6-10/h10-11H,2-9H2,1H3,(H,14,16). The van der Waals surface area contributed by atoms with E-state index in [1.807, 2.05) is 6.92 Å². The summed E-state index contributed by atoms with van der Waals surface area (Å²) in [5, 5.41) is 2.74. The van der Waals surface area contributed by atoms with Crippen molar-refractivity contribution < 1.29 is 9.59 Å².